The number of hydrogen-bond donors (Lipinski definition) is 1. The number of benzene rings is 1. The molecule has 1 saturated heterocycles. The molecule has 2 atom stereocenters. The average molecular weight is 353 g/mol. The summed E-state index contributed by atoms with van der Waals surface area (Å²) in [6, 6.07) is 5.94. The topological polar surface area (TPSA) is 46.3 Å². The van der Waals surface area contributed by atoms with Crippen molar-refractivity contribution in [3.8, 4) is 0 Å². The van der Waals surface area contributed by atoms with Crippen LogP contribution in [0.15, 0.2) is 22.7 Å². The Morgan fingerprint density at radius 1 is 1.35 bits per heavy atom. The Kier molecular flexibility index (Phi) is 3.50. The summed E-state index contributed by atoms with van der Waals surface area (Å²) in [5, 5.41) is 0.974. The number of hydrogen-bond acceptors (Lipinski definition) is 3. The van der Waals surface area contributed by atoms with E-state index in [9.17, 15) is 4.79 Å². The van der Waals surface area contributed by atoms with Crippen molar-refractivity contribution >= 4 is 48.9 Å². The smallest absolute Gasteiger partial charge is 0.266 e. The first kappa shape index (κ1) is 13.9. The van der Waals surface area contributed by atoms with Crippen molar-refractivity contribution in [3.05, 3.63) is 27.5 Å². The molecule has 3 nitrogen and oxygen atoms in total. The van der Waals surface area contributed by atoms with Crippen LogP contribution >= 0.6 is 27.3 Å². The van der Waals surface area contributed by atoms with Gasteiger partial charge in [0, 0.05) is 27.6 Å². The molecule has 0 radical (unpaired) electrons. The number of nitrogen functional groups attached to an aromatic ring is 1. The average Bonchev–Trinajstić information content (AvgIpc) is 2.90. The summed E-state index contributed by atoms with van der Waals surface area (Å²) in [4.78, 5) is 15.3. The molecule has 0 bridgehead atoms. The predicted molar refractivity (Wildman–Crippen MR) is 88.2 cm³/mol. The lowest BCUT2D eigenvalue weighted by atomic mass is 10.0. The number of carbonyl (C=O) groups is 1. The van der Waals surface area contributed by atoms with Crippen molar-refractivity contribution in [1.29, 1.82) is 0 Å². The van der Waals surface area contributed by atoms with Gasteiger partial charge < -0.3 is 10.6 Å². The third-order valence-electron chi connectivity index (χ3n) is 4.16. The molecule has 1 aliphatic rings. The maximum atomic E-state index is 12.7. The zero-order valence-corrected chi connectivity index (χ0v) is 13.9. The van der Waals surface area contributed by atoms with Gasteiger partial charge in [-0.1, -0.05) is 35.8 Å². The van der Waals surface area contributed by atoms with E-state index in [4.69, 9.17) is 5.73 Å². The second kappa shape index (κ2) is 5.04. The molecule has 2 N–H and O–H groups in total. The SMILES string of the molecule is CC1CN(C(=O)c2sc3cc(Br)ccc3c2N)CC1C. The highest BCUT2D eigenvalue weighted by Crippen LogP contribution is 2.37. The fourth-order valence-corrected chi connectivity index (χ4v) is 4.33. The number of nitrogens with two attached hydrogens (primary N) is 1. The van der Waals surface area contributed by atoms with E-state index in [1.807, 2.05) is 23.1 Å². The van der Waals surface area contributed by atoms with Crippen LogP contribution < -0.4 is 5.73 Å². The maximum Gasteiger partial charge on any atom is 0.266 e. The lowest BCUT2D eigenvalue weighted by Gasteiger charge is -2.15. The Morgan fingerprint density at radius 2 is 2.00 bits per heavy atom. The molecule has 0 aliphatic carbocycles. The predicted octanol–water partition coefficient (Wildman–Crippen LogP) is 3.97. The van der Waals surface area contributed by atoms with Crippen LogP contribution in [0.3, 0.4) is 0 Å². The number of carbonyl (C=O) groups excluding carboxylic acids is 1. The van der Waals surface area contributed by atoms with E-state index < -0.39 is 0 Å². The lowest BCUT2D eigenvalue weighted by molar-refractivity contribution is 0.0791. The summed E-state index contributed by atoms with van der Waals surface area (Å²) in [5.74, 6) is 1.20. The first-order valence-corrected chi connectivity index (χ1v) is 8.35. The molecular weight excluding hydrogens is 336 g/mol. The number of nitrogens with zero attached hydrogens (tertiary/aromatic N) is 1. The first-order valence-electron chi connectivity index (χ1n) is 6.74. The largest absolute Gasteiger partial charge is 0.397 e. The van der Waals surface area contributed by atoms with Gasteiger partial charge in [-0.05, 0) is 24.0 Å². The highest BCUT2D eigenvalue weighted by molar-refractivity contribution is 9.10. The van der Waals surface area contributed by atoms with Gasteiger partial charge in [0.25, 0.3) is 5.91 Å². The molecule has 2 unspecified atom stereocenters. The minimum atomic E-state index is 0.0797. The van der Waals surface area contributed by atoms with Crippen LogP contribution in [0.25, 0.3) is 10.1 Å². The summed E-state index contributed by atoms with van der Waals surface area (Å²) in [5.41, 5.74) is 6.79. The molecule has 0 saturated carbocycles. The molecule has 1 aliphatic heterocycles. The van der Waals surface area contributed by atoms with Gasteiger partial charge in [-0.15, -0.1) is 11.3 Å². The zero-order chi connectivity index (χ0) is 14.4. The highest BCUT2D eigenvalue weighted by atomic mass is 79.9. The molecule has 1 aromatic heterocycles. The number of anilines is 1. The molecule has 106 valence electrons. The van der Waals surface area contributed by atoms with Gasteiger partial charge in [-0.2, -0.15) is 0 Å². The summed E-state index contributed by atoms with van der Waals surface area (Å²) in [6.07, 6.45) is 0. The van der Waals surface area contributed by atoms with E-state index in [-0.39, 0.29) is 5.91 Å². The van der Waals surface area contributed by atoms with Crippen LogP contribution in [-0.2, 0) is 0 Å². The summed E-state index contributed by atoms with van der Waals surface area (Å²) in [7, 11) is 0. The maximum absolute atomic E-state index is 12.7. The van der Waals surface area contributed by atoms with E-state index in [1.54, 1.807) is 0 Å². The number of amides is 1. The van der Waals surface area contributed by atoms with E-state index in [0.717, 1.165) is 27.6 Å². The summed E-state index contributed by atoms with van der Waals surface area (Å²) < 4.78 is 2.06. The second-order valence-corrected chi connectivity index (χ2v) is 7.62. The van der Waals surface area contributed by atoms with E-state index >= 15 is 0 Å². The van der Waals surface area contributed by atoms with E-state index in [2.05, 4.69) is 29.8 Å². The van der Waals surface area contributed by atoms with Crippen LogP contribution in [0.1, 0.15) is 23.5 Å². The Bertz CT molecular complexity index is 672. The van der Waals surface area contributed by atoms with Crippen molar-refractivity contribution in [1.82, 2.24) is 4.90 Å². The Balaban J connectivity index is 1.98. The van der Waals surface area contributed by atoms with Gasteiger partial charge in [0.2, 0.25) is 0 Å². The van der Waals surface area contributed by atoms with Crippen molar-refractivity contribution in [2.75, 3.05) is 18.8 Å². The van der Waals surface area contributed by atoms with E-state index in [0.29, 0.717) is 22.4 Å². The third kappa shape index (κ3) is 2.23. The quantitative estimate of drug-likeness (QED) is 0.843. The molecule has 2 heterocycles. The monoisotopic (exact) mass is 352 g/mol. The number of halogens is 1. The summed E-state index contributed by atoms with van der Waals surface area (Å²) >= 11 is 4.95. The van der Waals surface area contributed by atoms with Crippen molar-refractivity contribution in [2.45, 2.75) is 13.8 Å². The van der Waals surface area contributed by atoms with Crippen molar-refractivity contribution in [2.24, 2.45) is 11.8 Å². The molecule has 0 spiro atoms. The molecule has 5 heteroatoms. The molecule has 1 aromatic carbocycles. The minimum absolute atomic E-state index is 0.0797. The number of thiophene rings is 1. The normalized spacial score (nSPS) is 22.6. The molecule has 20 heavy (non-hydrogen) atoms. The Morgan fingerprint density at radius 3 is 2.65 bits per heavy atom. The number of rotatable bonds is 1. The highest BCUT2D eigenvalue weighted by Gasteiger charge is 2.31. The van der Waals surface area contributed by atoms with Gasteiger partial charge in [0.15, 0.2) is 0 Å². The zero-order valence-electron chi connectivity index (χ0n) is 11.5. The summed E-state index contributed by atoms with van der Waals surface area (Å²) in [6.45, 7) is 6.06. The van der Waals surface area contributed by atoms with Crippen molar-refractivity contribution < 1.29 is 4.79 Å². The van der Waals surface area contributed by atoms with Crippen LogP contribution in [0.2, 0.25) is 0 Å². The standard InChI is InChI=1S/C15H17BrN2OS/c1-8-6-18(7-9(8)2)15(19)14-13(17)11-4-3-10(16)5-12(11)20-14/h3-5,8-9H,6-7,17H2,1-2H3. The van der Waals surface area contributed by atoms with Gasteiger partial charge >= 0.3 is 0 Å². The fourth-order valence-electron chi connectivity index (χ4n) is 2.69. The molecular formula is C15H17BrN2OS. The van der Waals surface area contributed by atoms with Crippen LogP contribution in [0, 0.1) is 11.8 Å². The lowest BCUT2D eigenvalue weighted by Crippen LogP contribution is -2.28. The molecule has 3 rings (SSSR count). The van der Waals surface area contributed by atoms with Gasteiger partial charge in [0.1, 0.15) is 4.88 Å². The number of fused-ring (bicyclic) bond motifs is 1. The molecule has 1 amide bonds. The molecule has 2 aromatic rings. The minimum Gasteiger partial charge on any atom is -0.397 e. The van der Waals surface area contributed by atoms with Crippen LogP contribution in [0.5, 0.6) is 0 Å². The van der Waals surface area contributed by atoms with Gasteiger partial charge in [0.05, 0.1) is 5.69 Å². The second-order valence-electron chi connectivity index (χ2n) is 5.65. The first-order chi connectivity index (χ1) is 9.47. The van der Waals surface area contributed by atoms with Crippen LogP contribution in [0.4, 0.5) is 5.69 Å². The van der Waals surface area contributed by atoms with Gasteiger partial charge in [-0.3, -0.25) is 4.79 Å². The molecule has 1 fully saturated rings. The Labute approximate surface area is 130 Å². The van der Waals surface area contributed by atoms with E-state index in [1.165, 1.54) is 11.3 Å². The Hall–Kier alpha value is -1.07. The van der Waals surface area contributed by atoms with Crippen molar-refractivity contribution in [3.63, 3.8) is 0 Å². The van der Waals surface area contributed by atoms with Gasteiger partial charge in [-0.25, -0.2) is 0 Å². The number of likely N-dealkylation sites (tertiary alicyclic amines) is 1. The third-order valence-corrected chi connectivity index (χ3v) is 5.81. The van der Waals surface area contributed by atoms with Crippen LogP contribution in [-0.4, -0.2) is 23.9 Å². The fraction of sp³-hybridized carbons (Fsp3) is 0.400.